The van der Waals surface area contributed by atoms with Crippen molar-refractivity contribution in [3.8, 4) is 0 Å². The van der Waals surface area contributed by atoms with Crippen LogP contribution in [-0.4, -0.2) is 50.8 Å². The lowest BCUT2D eigenvalue weighted by atomic mass is 10.1. The summed E-state index contributed by atoms with van der Waals surface area (Å²) < 4.78 is 27.2. The molecule has 1 aliphatic rings. The molecule has 20 heavy (non-hydrogen) atoms. The third-order valence-corrected chi connectivity index (χ3v) is 5.96. The molecule has 1 aromatic rings. The van der Waals surface area contributed by atoms with Crippen LogP contribution in [0.3, 0.4) is 0 Å². The molecule has 1 fully saturated rings. The maximum Gasteiger partial charge on any atom is 0.243 e. The summed E-state index contributed by atoms with van der Waals surface area (Å²) in [5.74, 6) is 0. The molecule has 2 N–H and O–H groups in total. The normalized spacial score (nSPS) is 18.9. The Kier molecular flexibility index (Phi) is 4.36. The van der Waals surface area contributed by atoms with Crippen molar-refractivity contribution >= 4 is 15.7 Å². The van der Waals surface area contributed by atoms with Gasteiger partial charge in [-0.05, 0) is 57.1 Å². The highest BCUT2D eigenvalue weighted by atomic mass is 32.2. The van der Waals surface area contributed by atoms with Crippen LogP contribution in [-0.2, 0) is 10.0 Å². The zero-order valence-corrected chi connectivity index (χ0v) is 13.2. The molecule has 0 spiro atoms. The summed E-state index contributed by atoms with van der Waals surface area (Å²) in [5, 5.41) is 0. The van der Waals surface area contributed by atoms with Gasteiger partial charge >= 0.3 is 0 Å². The Labute approximate surface area is 121 Å². The van der Waals surface area contributed by atoms with E-state index in [1.807, 2.05) is 27.0 Å². The zero-order chi connectivity index (χ0) is 14.9. The topological polar surface area (TPSA) is 66.6 Å². The molecule has 0 aliphatic carbocycles. The smallest absolute Gasteiger partial charge is 0.243 e. The van der Waals surface area contributed by atoms with Crippen molar-refractivity contribution in [1.82, 2.24) is 9.21 Å². The molecule has 1 heterocycles. The Morgan fingerprint density at radius 2 is 1.80 bits per heavy atom. The van der Waals surface area contributed by atoms with Crippen LogP contribution in [0.5, 0.6) is 0 Å². The number of nitrogen functional groups attached to an aromatic ring is 1. The van der Waals surface area contributed by atoms with E-state index in [0.29, 0.717) is 23.7 Å². The zero-order valence-electron chi connectivity index (χ0n) is 12.4. The monoisotopic (exact) mass is 297 g/mol. The van der Waals surface area contributed by atoms with Crippen molar-refractivity contribution in [3.63, 3.8) is 0 Å². The van der Waals surface area contributed by atoms with Crippen molar-refractivity contribution in [3.05, 3.63) is 23.3 Å². The van der Waals surface area contributed by atoms with Gasteiger partial charge < -0.3 is 10.6 Å². The number of nitrogens with zero attached hydrogens (tertiary/aromatic N) is 2. The molecule has 112 valence electrons. The SMILES string of the molecule is Cc1cc(N)cc(S(=O)(=O)N2CCCN(C)CC2)c1C. The van der Waals surface area contributed by atoms with Crippen LogP contribution in [0.1, 0.15) is 17.5 Å². The van der Waals surface area contributed by atoms with E-state index in [1.54, 1.807) is 10.4 Å². The standard InChI is InChI=1S/C14H23N3O2S/c1-11-9-13(15)10-14(12(11)2)20(18,19)17-6-4-5-16(3)7-8-17/h9-10H,4-8,15H2,1-3H3. The molecule has 6 heteroatoms. The number of rotatable bonds is 2. The summed E-state index contributed by atoms with van der Waals surface area (Å²) in [7, 11) is -1.44. The molecule has 0 bridgehead atoms. The summed E-state index contributed by atoms with van der Waals surface area (Å²) >= 11 is 0. The van der Waals surface area contributed by atoms with E-state index in [2.05, 4.69) is 4.90 Å². The fourth-order valence-electron chi connectivity index (χ4n) is 2.52. The van der Waals surface area contributed by atoms with Crippen LogP contribution < -0.4 is 5.73 Å². The number of hydrogen-bond acceptors (Lipinski definition) is 4. The Hall–Kier alpha value is -1.11. The highest BCUT2D eigenvalue weighted by Gasteiger charge is 2.28. The summed E-state index contributed by atoms with van der Waals surface area (Å²) in [6.45, 7) is 6.53. The van der Waals surface area contributed by atoms with Crippen LogP contribution in [0.15, 0.2) is 17.0 Å². The first-order valence-electron chi connectivity index (χ1n) is 6.88. The Bertz CT molecular complexity index is 599. The first kappa shape index (κ1) is 15.3. The van der Waals surface area contributed by atoms with Gasteiger partial charge in [-0.1, -0.05) is 0 Å². The molecule has 0 atom stereocenters. The van der Waals surface area contributed by atoms with Crippen LogP contribution in [0.25, 0.3) is 0 Å². The van der Waals surface area contributed by atoms with Gasteiger partial charge in [-0.15, -0.1) is 0 Å². The predicted octanol–water partition coefficient (Wildman–Crippen LogP) is 1.21. The van der Waals surface area contributed by atoms with Gasteiger partial charge in [0, 0.05) is 25.3 Å². The first-order chi connectivity index (χ1) is 9.32. The summed E-state index contributed by atoms with van der Waals surface area (Å²) in [6, 6.07) is 3.39. The molecule has 0 aromatic heterocycles. The lowest BCUT2D eigenvalue weighted by Crippen LogP contribution is -2.35. The number of nitrogens with two attached hydrogens (primary N) is 1. The number of benzene rings is 1. The van der Waals surface area contributed by atoms with Gasteiger partial charge in [-0.3, -0.25) is 0 Å². The molecule has 5 nitrogen and oxygen atoms in total. The fraction of sp³-hybridized carbons (Fsp3) is 0.571. The van der Waals surface area contributed by atoms with Crippen LogP contribution in [0, 0.1) is 13.8 Å². The molecule has 0 radical (unpaired) electrons. The van der Waals surface area contributed by atoms with Gasteiger partial charge in [0.2, 0.25) is 10.0 Å². The molecule has 1 aliphatic heterocycles. The van der Waals surface area contributed by atoms with Gasteiger partial charge in [0.1, 0.15) is 0 Å². The average molecular weight is 297 g/mol. The van der Waals surface area contributed by atoms with E-state index in [9.17, 15) is 8.42 Å². The molecule has 0 saturated carbocycles. The highest BCUT2D eigenvalue weighted by Crippen LogP contribution is 2.26. The fourth-order valence-corrected chi connectivity index (χ4v) is 4.33. The van der Waals surface area contributed by atoms with Gasteiger partial charge in [-0.2, -0.15) is 4.31 Å². The second-order valence-corrected chi connectivity index (χ2v) is 7.43. The van der Waals surface area contributed by atoms with E-state index < -0.39 is 10.0 Å². The highest BCUT2D eigenvalue weighted by molar-refractivity contribution is 7.89. The second-order valence-electron chi connectivity index (χ2n) is 5.52. The van der Waals surface area contributed by atoms with Crippen molar-refractivity contribution in [2.75, 3.05) is 39.0 Å². The van der Waals surface area contributed by atoms with Crippen molar-refractivity contribution < 1.29 is 8.42 Å². The van der Waals surface area contributed by atoms with Gasteiger partial charge in [0.05, 0.1) is 4.90 Å². The minimum Gasteiger partial charge on any atom is -0.399 e. The third-order valence-electron chi connectivity index (χ3n) is 3.94. The Balaban J connectivity index is 2.40. The van der Waals surface area contributed by atoms with Crippen LogP contribution in [0.4, 0.5) is 5.69 Å². The minimum absolute atomic E-state index is 0.347. The van der Waals surface area contributed by atoms with E-state index in [4.69, 9.17) is 5.73 Å². The van der Waals surface area contributed by atoms with Crippen molar-refractivity contribution in [2.24, 2.45) is 0 Å². The van der Waals surface area contributed by atoms with Crippen LogP contribution in [0.2, 0.25) is 0 Å². The maximum atomic E-state index is 12.8. The molecular weight excluding hydrogens is 274 g/mol. The molecule has 0 unspecified atom stereocenters. The van der Waals surface area contributed by atoms with Crippen LogP contribution >= 0.6 is 0 Å². The lowest BCUT2D eigenvalue weighted by molar-refractivity contribution is 0.347. The molecule has 2 rings (SSSR count). The second kappa shape index (κ2) is 5.71. The lowest BCUT2D eigenvalue weighted by Gasteiger charge is -2.22. The van der Waals surface area contributed by atoms with E-state index >= 15 is 0 Å². The van der Waals surface area contributed by atoms with E-state index in [0.717, 1.165) is 30.6 Å². The minimum atomic E-state index is -3.46. The molecule has 0 amide bonds. The largest absolute Gasteiger partial charge is 0.399 e. The van der Waals surface area contributed by atoms with Gasteiger partial charge in [0.15, 0.2) is 0 Å². The summed E-state index contributed by atoms with van der Waals surface area (Å²) in [4.78, 5) is 2.51. The number of hydrogen-bond donors (Lipinski definition) is 1. The number of anilines is 1. The molecular formula is C14H23N3O2S. The predicted molar refractivity (Wildman–Crippen MR) is 81.2 cm³/mol. The number of likely N-dealkylation sites (N-methyl/N-ethyl adjacent to an activating group) is 1. The number of aryl methyl sites for hydroxylation is 1. The van der Waals surface area contributed by atoms with Gasteiger partial charge in [0.25, 0.3) is 0 Å². The summed E-state index contributed by atoms with van der Waals surface area (Å²) in [5.41, 5.74) is 8.02. The Morgan fingerprint density at radius 1 is 1.10 bits per heavy atom. The van der Waals surface area contributed by atoms with Crippen molar-refractivity contribution in [2.45, 2.75) is 25.2 Å². The average Bonchev–Trinajstić information content (AvgIpc) is 2.58. The Morgan fingerprint density at radius 3 is 2.50 bits per heavy atom. The quantitative estimate of drug-likeness (QED) is 0.833. The van der Waals surface area contributed by atoms with E-state index in [1.165, 1.54) is 0 Å². The molecule has 1 aromatic carbocycles. The first-order valence-corrected chi connectivity index (χ1v) is 8.32. The van der Waals surface area contributed by atoms with Crippen molar-refractivity contribution in [1.29, 1.82) is 0 Å². The van der Waals surface area contributed by atoms with Gasteiger partial charge in [-0.25, -0.2) is 8.42 Å². The molecule has 1 saturated heterocycles. The maximum absolute atomic E-state index is 12.8. The summed E-state index contributed by atoms with van der Waals surface area (Å²) in [6.07, 6.45) is 0.857. The van der Waals surface area contributed by atoms with E-state index in [-0.39, 0.29) is 0 Å². The third kappa shape index (κ3) is 2.97. The number of sulfonamides is 1.